The number of hydrogen-bond acceptors (Lipinski definition) is 3. The fourth-order valence-electron chi connectivity index (χ4n) is 4.78. The molecule has 0 aliphatic carbocycles. The molecule has 7 aromatic rings. The zero-order valence-electron chi connectivity index (χ0n) is 17.4. The van der Waals surface area contributed by atoms with Crippen LogP contribution in [-0.4, -0.2) is 14.5 Å². The summed E-state index contributed by atoms with van der Waals surface area (Å²) in [6, 6.07) is 33.2. The summed E-state index contributed by atoms with van der Waals surface area (Å²) in [5, 5.41) is 4.37. The average molecular weight is 446 g/mol. The summed E-state index contributed by atoms with van der Waals surface area (Å²) in [4.78, 5) is 8.97. The normalized spacial score (nSPS) is 11.8. The highest BCUT2D eigenvalue weighted by molar-refractivity contribution is 6.29. The van der Waals surface area contributed by atoms with Gasteiger partial charge in [0.1, 0.15) is 5.58 Å². The van der Waals surface area contributed by atoms with Crippen molar-refractivity contribution in [2.45, 2.75) is 0 Å². The quantitative estimate of drug-likeness (QED) is 0.255. The van der Waals surface area contributed by atoms with E-state index < -0.39 is 0 Å². The lowest BCUT2D eigenvalue weighted by Gasteiger charge is -2.08. The maximum atomic E-state index is 6.31. The van der Waals surface area contributed by atoms with Crippen molar-refractivity contribution in [3.63, 3.8) is 0 Å². The molecule has 0 radical (unpaired) electrons. The molecule has 33 heavy (non-hydrogen) atoms. The molecule has 0 amide bonds. The second kappa shape index (κ2) is 6.92. The van der Waals surface area contributed by atoms with E-state index in [1.54, 1.807) is 0 Å². The lowest BCUT2D eigenvalue weighted by Crippen LogP contribution is -1.93. The molecule has 0 N–H and O–H groups in total. The summed E-state index contributed by atoms with van der Waals surface area (Å²) in [5.41, 5.74) is 6.44. The fraction of sp³-hybridized carbons (Fsp3) is 0. The SMILES string of the molecule is Clc1nc(-c2ccc3c(c2)c2ccccc2n3-c2ccccc2)c2c(n1)oc1ccccc12. The minimum atomic E-state index is 0.170. The standard InChI is InChI=1S/C28H16ClN3O/c29-28-30-26(25-20-11-5-7-13-24(20)33-27(25)31-28)17-14-15-23-21(16-17)19-10-4-6-12-22(19)32(23)18-8-2-1-3-9-18/h1-16H. The van der Waals surface area contributed by atoms with Crippen molar-refractivity contribution in [3.8, 4) is 16.9 Å². The van der Waals surface area contributed by atoms with Gasteiger partial charge < -0.3 is 8.98 Å². The number of furan rings is 1. The minimum absolute atomic E-state index is 0.170. The van der Waals surface area contributed by atoms with Crippen LogP contribution < -0.4 is 0 Å². The Balaban J connectivity index is 1.57. The van der Waals surface area contributed by atoms with Gasteiger partial charge in [0.25, 0.3) is 0 Å². The first-order valence-corrected chi connectivity index (χ1v) is 11.1. The predicted octanol–water partition coefficient (Wildman–Crippen LogP) is 7.79. The molecule has 4 nitrogen and oxygen atoms in total. The van der Waals surface area contributed by atoms with Gasteiger partial charge in [-0.3, -0.25) is 0 Å². The van der Waals surface area contributed by atoms with Crippen LogP contribution in [0.1, 0.15) is 0 Å². The lowest BCUT2D eigenvalue weighted by molar-refractivity contribution is 0.653. The van der Waals surface area contributed by atoms with Crippen LogP contribution in [0.25, 0.3) is 60.8 Å². The molecule has 0 unspecified atom stereocenters. The van der Waals surface area contributed by atoms with Crippen LogP contribution in [0.4, 0.5) is 0 Å². The summed E-state index contributed by atoms with van der Waals surface area (Å²) in [7, 11) is 0. The summed E-state index contributed by atoms with van der Waals surface area (Å²) in [6.07, 6.45) is 0. The molecule has 0 spiro atoms. The summed E-state index contributed by atoms with van der Waals surface area (Å²) in [6.45, 7) is 0. The van der Waals surface area contributed by atoms with Crippen molar-refractivity contribution < 1.29 is 4.42 Å². The molecule has 3 aromatic heterocycles. The van der Waals surface area contributed by atoms with Crippen LogP contribution in [0.2, 0.25) is 5.28 Å². The van der Waals surface area contributed by atoms with Crippen LogP contribution in [0.3, 0.4) is 0 Å². The first kappa shape index (κ1) is 18.4. The molecule has 7 rings (SSSR count). The summed E-state index contributed by atoms with van der Waals surface area (Å²) >= 11 is 6.31. The maximum Gasteiger partial charge on any atom is 0.232 e. The smallest absolute Gasteiger partial charge is 0.232 e. The van der Waals surface area contributed by atoms with E-state index >= 15 is 0 Å². The van der Waals surface area contributed by atoms with Gasteiger partial charge in [-0.25, -0.2) is 4.98 Å². The maximum absolute atomic E-state index is 6.31. The highest BCUT2D eigenvalue weighted by atomic mass is 35.5. The number of hydrogen-bond donors (Lipinski definition) is 0. The largest absolute Gasteiger partial charge is 0.438 e. The van der Waals surface area contributed by atoms with Gasteiger partial charge in [0, 0.05) is 27.4 Å². The number of para-hydroxylation sites is 3. The van der Waals surface area contributed by atoms with E-state index in [9.17, 15) is 0 Å². The molecule has 0 atom stereocenters. The molecule has 0 aliphatic rings. The molecule has 4 aromatic carbocycles. The zero-order chi connectivity index (χ0) is 21.9. The van der Waals surface area contributed by atoms with Crippen LogP contribution in [-0.2, 0) is 0 Å². The molecular weight excluding hydrogens is 430 g/mol. The Labute approximate surface area is 193 Å². The van der Waals surface area contributed by atoms with Gasteiger partial charge in [0.15, 0.2) is 0 Å². The number of aromatic nitrogens is 3. The van der Waals surface area contributed by atoms with E-state index in [1.165, 1.54) is 5.39 Å². The van der Waals surface area contributed by atoms with Crippen molar-refractivity contribution in [2.24, 2.45) is 0 Å². The molecule has 5 heteroatoms. The van der Waals surface area contributed by atoms with Gasteiger partial charge in [0.2, 0.25) is 11.0 Å². The Kier molecular flexibility index (Phi) is 3.87. The molecule has 0 saturated heterocycles. The Bertz CT molecular complexity index is 1830. The van der Waals surface area contributed by atoms with Gasteiger partial charge in [-0.2, -0.15) is 4.98 Å². The Morgan fingerprint density at radius 1 is 0.667 bits per heavy atom. The van der Waals surface area contributed by atoms with Crippen LogP contribution in [0, 0.1) is 0 Å². The minimum Gasteiger partial charge on any atom is -0.438 e. The van der Waals surface area contributed by atoms with Crippen molar-refractivity contribution in [1.82, 2.24) is 14.5 Å². The van der Waals surface area contributed by atoms with Gasteiger partial charge in [0.05, 0.1) is 22.1 Å². The first-order valence-electron chi connectivity index (χ1n) is 10.7. The van der Waals surface area contributed by atoms with Gasteiger partial charge in [-0.1, -0.05) is 60.7 Å². The van der Waals surface area contributed by atoms with Crippen LogP contribution >= 0.6 is 11.6 Å². The highest BCUT2D eigenvalue weighted by Crippen LogP contribution is 2.38. The second-order valence-electron chi connectivity index (χ2n) is 8.04. The Hall–Kier alpha value is -4.15. The van der Waals surface area contributed by atoms with E-state index in [4.69, 9.17) is 16.0 Å². The first-order chi connectivity index (χ1) is 16.3. The molecular formula is C28H16ClN3O. The van der Waals surface area contributed by atoms with E-state index in [0.717, 1.165) is 49.7 Å². The second-order valence-corrected chi connectivity index (χ2v) is 8.38. The molecule has 0 saturated carbocycles. The molecule has 0 bridgehead atoms. The highest BCUT2D eigenvalue weighted by Gasteiger charge is 2.18. The molecule has 3 heterocycles. The number of nitrogens with zero attached hydrogens (tertiary/aromatic N) is 3. The molecule has 156 valence electrons. The van der Waals surface area contributed by atoms with Gasteiger partial charge in [-0.05, 0) is 48.0 Å². The van der Waals surface area contributed by atoms with Crippen LogP contribution in [0.15, 0.2) is 101 Å². The van der Waals surface area contributed by atoms with E-state index in [0.29, 0.717) is 5.71 Å². The third-order valence-corrected chi connectivity index (χ3v) is 6.34. The number of fused-ring (bicyclic) bond motifs is 6. The zero-order valence-corrected chi connectivity index (χ0v) is 18.1. The Morgan fingerprint density at radius 2 is 1.39 bits per heavy atom. The summed E-state index contributed by atoms with van der Waals surface area (Å²) in [5.74, 6) is 0. The monoisotopic (exact) mass is 445 g/mol. The van der Waals surface area contributed by atoms with Crippen molar-refractivity contribution in [3.05, 3.63) is 102 Å². The third kappa shape index (κ3) is 2.71. The van der Waals surface area contributed by atoms with Gasteiger partial charge in [-0.15, -0.1) is 0 Å². The Morgan fingerprint density at radius 3 is 2.27 bits per heavy atom. The molecule has 0 aliphatic heterocycles. The number of halogens is 1. The number of rotatable bonds is 2. The van der Waals surface area contributed by atoms with Crippen LogP contribution in [0.5, 0.6) is 0 Å². The van der Waals surface area contributed by atoms with Crippen molar-refractivity contribution >= 4 is 55.5 Å². The average Bonchev–Trinajstić information content (AvgIpc) is 3.39. The van der Waals surface area contributed by atoms with E-state index in [-0.39, 0.29) is 5.28 Å². The van der Waals surface area contributed by atoms with Crippen molar-refractivity contribution in [1.29, 1.82) is 0 Å². The topological polar surface area (TPSA) is 43.9 Å². The fourth-order valence-corrected chi connectivity index (χ4v) is 4.94. The summed E-state index contributed by atoms with van der Waals surface area (Å²) < 4.78 is 8.27. The molecule has 0 fully saturated rings. The predicted molar refractivity (Wildman–Crippen MR) is 134 cm³/mol. The van der Waals surface area contributed by atoms with Crippen molar-refractivity contribution in [2.75, 3.05) is 0 Å². The number of benzene rings is 4. The van der Waals surface area contributed by atoms with Gasteiger partial charge >= 0.3 is 0 Å². The lowest BCUT2D eigenvalue weighted by atomic mass is 10.0. The van der Waals surface area contributed by atoms with E-state index in [2.05, 4.69) is 81.3 Å². The van der Waals surface area contributed by atoms with E-state index in [1.807, 2.05) is 30.3 Å². The third-order valence-electron chi connectivity index (χ3n) is 6.17.